The lowest BCUT2D eigenvalue weighted by molar-refractivity contribution is -0.117. The molecule has 2 N–H and O–H groups in total. The number of anilines is 1. The second-order valence-corrected chi connectivity index (χ2v) is 5.72. The summed E-state index contributed by atoms with van der Waals surface area (Å²) in [5.74, 6) is -0.168. The monoisotopic (exact) mass is 327 g/mol. The number of rotatable bonds is 5. The summed E-state index contributed by atoms with van der Waals surface area (Å²) in [6.45, 7) is 3.75. The number of hydrogen-bond donors (Lipinski definition) is 2. The number of carbonyl (C=O) groups excluding carboxylic acids is 1. The molecular weight excluding hydrogens is 310 g/mol. The van der Waals surface area contributed by atoms with Crippen LogP contribution in [0.4, 0.5) is 5.69 Å². The first-order chi connectivity index (χ1) is 11.0. The van der Waals surface area contributed by atoms with Crippen LogP contribution < -0.4 is 10.6 Å². The lowest BCUT2D eigenvalue weighted by atomic mass is 10.1. The van der Waals surface area contributed by atoms with E-state index >= 15 is 0 Å². The maximum absolute atomic E-state index is 12.3. The molecule has 0 aliphatic heterocycles. The second kappa shape index (κ2) is 7.77. The van der Waals surface area contributed by atoms with Crippen molar-refractivity contribution in [3.8, 4) is 6.07 Å². The van der Waals surface area contributed by atoms with Gasteiger partial charge in [0, 0.05) is 16.8 Å². The number of nitriles is 1. The lowest BCUT2D eigenvalue weighted by Gasteiger charge is -2.20. The highest BCUT2D eigenvalue weighted by atomic mass is 35.5. The fourth-order valence-corrected chi connectivity index (χ4v) is 2.58. The van der Waals surface area contributed by atoms with E-state index in [1.54, 1.807) is 31.2 Å². The van der Waals surface area contributed by atoms with E-state index < -0.39 is 6.04 Å². The number of benzene rings is 2. The van der Waals surface area contributed by atoms with E-state index in [0.717, 1.165) is 5.56 Å². The second-order valence-electron chi connectivity index (χ2n) is 5.31. The predicted octanol–water partition coefficient (Wildman–Crippen LogP) is 3.89. The molecule has 23 heavy (non-hydrogen) atoms. The Hall–Kier alpha value is -2.35. The smallest absolute Gasteiger partial charge is 0.241 e. The van der Waals surface area contributed by atoms with Crippen LogP contribution in [0.1, 0.15) is 31.0 Å². The first-order valence-electron chi connectivity index (χ1n) is 7.32. The van der Waals surface area contributed by atoms with Crippen molar-refractivity contribution in [1.82, 2.24) is 5.32 Å². The molecule has 4 nitrogen and oxygen atoms in total. The molecule has 0 aliphatic rings. The van der Waals surface area contributed by atoms with E-state index in [0.29, 0.717) is 16.3 Å². The Morgan fingerprint density at radius 2 is 1.91 bits per heavy atom. The minimum Gasteiger partial charge on any atom is -0.325 e. The fourth-order valence-electron chi connectivity index (χ4n) is 2.28. The third-order valence-electron chi connectivity index (χ3n) is 3.52. The van der Waals surface area contributed by atoms with Gasteiger partial charge >= 0.3 is 0 Å². The molecule has 0 spiro atoms. The molecular formula is C18H18ClN3O. The summed E-state index contributed by atoms with van der Waals surface area (Å²) in [4.78, 5) is 12.3. The Bertz CT molecular complexity index is 739. The highest BCUT2D eigenvalue weighted by molar-refractivity contribution is 6.31. The van der Waals surface area contributed by atoms with Gasteiger partial charge in [-0.25, -0.2) is 0 Å². The Morgan fingerprint density at radius 1 is 1.17 bits per heavy atom. The van der Waals surface area contributed by atoms with Gasteiger partial charge in [0.2, 0.25) is 5.91 Å². The summed E-state index contributed by atoms with van der Waals surface area (Å²) in [5.41, 5.74) is 2.06. The maximum atomic E-state index is 12.3. The average molecular weight is 328 g/mol. The first kappa shape index (κ1) is 17.0. The van der Waals surface area contributed by atoms with Crippen LogP contribution in [0.3, 0.4) is 0 Å². The number of nitrogens with one attached hydrogen (secondary N) is 2. The van der Waals surface area contributed by atoms with Gasteiger partial charge < -0.3 is 5.32 Å². The molecule has 0 saturated carbocycles. The summed E-state index contributed by atoms with van der Waals surface area (Å²) in [6, 6.07) is 15.9. The molecule has 0 heterocycles. The van der Waals surface area contributed by atoms with Crippen molar-refractivity contribution >= 4 is 23.2 Å². The average Bonchev–Trinajstić information content (AvgIpc) is 2.55. The molecule has 2 aromatic rings. The van der Waals surface area contributed by atoms with Gasteiger partial charge in [0.25, 0.3) is 0 Å². The number of halogens is 1. The molecule has 1 amide bonds. The molecule has 2 unspecified atom stereocenters. The van der Waals surface area contributed by atoms with Crippen LogP contribution in [0.2, 0.25) is 5.02 Å². The van der Waals surface area contributed by atoms with E-state index in [2.05, 4.69) is 10.6 Å². The van der Waals surface area contributed by atoms with Crippen molar-refractivity contribution in [3.63, 3.8) is 0 Å². The van der Waals surface area contributed by atoms with Gasteiger partial charge in [0.05, 0.1) is 17.7 Å². The van der Waals surface area contributed by atoms with Crippen molar-refractivity contribution in [2.75, 3.05) is 5.32 Å². The molecule has 2 atom stereocenters. The Labute approximate surface area is 141 Å². The molecule has 0 bridgehead atoms. The Balaban J connectivity index is 2.00. The fraction of sp³-hybridized carbons (Fsp3) is 0.222. The normalized spacial score (nSPS) is 13.0. The first-order valence-corrected chi connectivity index (χ1v) is 7.70. The summed E-state index contributed by atoms with van der Waals surface area (Å²) in [6.07, 6.45) is 0. The van der Waals surface area contributed by atoms with Crippen LogP contribution in [-0.2, 0) is 4.79 Å². The third kappa shape index (κ3) is 4.56. The van der Waals surface area contributed by atoms with Crippen molar-refractivity contribution in [3.05, 3.63) is 64.7 Å². The van der Waals surface area contributed by atoms with Crippen molar-refractivity contribution in [1.29, 1.82) is 5.26 Å². The Morgan fingerprint density at radius 3 is 2.61 bits per heavy atom. The summed E-state index contributed by atoms with van der Waals surface area (Å²) in [5, 5.41) is 15.6. The molecule has 2 rings (SSSR count). The van der Waals surface area contributed by atoms with Gasteiger partial charge in [-0.1, -0.05) is 35.9 Å². The molecule has 0 fully saturated rings. The van der Waals surface area contributed by atoms with Gasteiger partial charge in [0.1, 0.15) is 0 Å². The summed E-state index contributed by atoms with van der Waals surface area (Å²) in [7, 11) is 0. The molecule has 0 aromatic heterocycles. The zero-order chi connectivity index (χ0) is 16.8. The number of carbonyl (C=O) groups is 1. The van der Waals surface area contributed by atoms with Crippen LogP contribution in [0.5, 0.6) is 0 Å². The highest BCUT2D eigenvalue weighted by Gasteiger charge is 2.17. The number of hydrogen-bond acceptors (Lipinski definition) is 3. The van der Waals surface area contributed by atoms with Crippen molar-refractivity contribution in [2.24, 2.45) is 0 Å². The quantitative estimate of drug-likeness (QED) is 0.875. The summed E-state index contributed by atoms with van der Waals surface area (Å²) >= 11 is 6.17. The molecule has 5 heteroatoms. The number of nitrogens with zero attached hydrogens (tertiary/aromatic N) is 1. The molecule has 2 aromatic carbocycles. The van der Waals surface area contributed by atoms with Gasteiger partial charge in [-0.15, -0.1) is 0 Å². The van der Waals surface area contributed by atoms with Gasteiger partial charge in [-0.2, -0.15) is 5.26 Å². The van der Waals surface area contributed by atoms with Gasteiger partial charge in [-0.3, -0.25) is 10.1 Å². The van der Waals surface area contributed by atoms with E-state index in [-0.39, 0.29) is 11.9 Å². The molecule has 0 radical (unpaired) electrons. The van der Waals surface area contributed by atoms with Crippen molar-refractivity contribution < 1.29 is 4.79 Å². The minimum absolute atomic E-state index is 0.0603. The largest absolute Gasteiger partial charge is 0.325 e. The van der Waals surface area contributed by atoms with Crippen LogP contribution in [0.25, 0.3) is 0 Å². The van der Waals surface area contributed by atoms with Crippen LogP contribution >= 0.6 is 11.6 Å². The van der Waals surface area contributed by atoms with Gasteiger partial charge in [0.15, 0.2) is 0 Å². The molecule has 0 saturated heterocycles. The van der Waals surface area contributed by atoms with E-state index in [9.17, 15) is 4.79 Å². The van der Waals surface area contributed by atoms with Crippen LogP contribution in [0, 0.1) is 11.3 Å². The Kier molecular flexibility index (Phi) is 5.75. The van der Waals surface area contributed by atoms with Gasteiger partial charge in [-0.05, 0) is 43.7 Å². The highest BCUT2D eigenvalue weighted by Crippen LogP contribution is 2.22. The number of amides is 1. The van der Waals surface area contributed by atoms with Crippen molar-refractivity contribution in [2.45, 2.75) is 25.9 Å². The van der Waals surface area contributed by atoms with Crippen LogP contribution in [0.15, 0.2) is 48.5 Å². The topological polar surface area (TPSA) is 64.9 Å². The van der Waals surface area contributed by atoms with E-state index in [1.165, 1.54) is 0 Å². The third-order valence-corrected chi connectivity index (χ3v) is 3.87. The molecule has 0 aliphatic carbocycles. The van der Waals surface area contributed by atoms with E-state index in [4.69, 9.17) is 16.9 Å². The standard InChI is InChI=1S/C18H18ClN3O/c1-12(16-8-3-4-9-17(16)19)21-13(2)18(23)22-15-7-5-6-14(10-15)11-20/h3-10,12-13,21H,1-2H3,(H,22,23). The summed E-state index contributed by atoms with van der Waals surface area (Å²) < 4.78 is 0. The zero-order valence-electron chi connectivity index (χ0n) is 13.0. The van der Waals surface area contributed by atoms with Crippen LogP contribution in [-0.4, -0.2) is 11.9 Å². The zero-order valence-corrected chi connectivity index (χ0v) is 13.8. The minimum atomic E-state index is -0.410. The maximum Gasteiger partial charge on any atom is 0.241 e. The predicted molar refractivity (Wildman–Crippen MR) is 92.3 cm³/mol. The van der Waals surface area contributed by atoms with E-state index in [1.807, 2.05) is 37.3 Å². The SMILES string of the molecule is CC(NC(C)c1ccccc1Cl)C(=O)Nc1cccc(C#N)c1. The molecule has 118 valence electrons. The lowest BCUT2D eigenvalue weighted by Crippen LogP contribution is -2.39.